The topological polar surface area (TPSA) is 21.6 Å². The predicted molar refractivity (Wildman–Crippen MR) is 73.4 cm³/mol. The Morgan fingerprint density at radius 2 is 1.84 bits per heavy atom. The van der Waals surface area contributed by atoms with Crippen LogP contribution in [0.5, 0.6) is 5.75 Å². The Hall–Kier alpha value is -2.16. The zero-order valence-corrected chi connectivity index (χ0v) is 10.5. The van der Waals surface area contributed by atoms with E-state index in [1.807, 2.05) is 12.1 Å². The molecular weight excluding hydrogens is 241 g/mol. The summed E-state index contributed by atoms with van der Waals surface area (Å²) in [6.07, 6.45) is 0.982. The van der Waals surface area contributed by atoms with E-state index < -0.39 is 0 Å². The highest BCUT2D eigenvalue weighted by Gasteiger charge is 2.13. The smallest absolute Gasteiger partial charge is 0.130 e. The number of ether oxygens (including phenoxy) is 1. The van der Waals surface area contributed by atoms with E-state index in [0.717, 1.165) is 24.2 Å². The fourth-order valence-corrected chi connectivity index (χ4v) is 2.22. The van der Waals surface area contributed by atoms with E-state index in [0.29, 0.717) is 12.4 Å². The number of halogens is 1. The number of hydrogen-bond acceptors (Lipinski definition) is 2. The first-order valence-electron chi connectivity index (χ1n) is 6.33. The van der Waals surface area contributed by atoms with Crippen LogP contribution in [0.25, 0.3) is 0 Å². The van der Waals surface area contributed by atoms with Gasteiger partial charge in [-0.15, -0.1) is 0 Å². The summed E-state index contributed by atoms with van der Waals surface area (Å²) in [5, 5.41) is 0. The highest BCUT2D eigenvalue weighted by Crippen LogP contribution is 2.17. The van der Waals surface area contributed by atoms with Gasteiger partial charge in [0.25, 0.3) is 0 Å². The number of aliphatic imine (C=N–C) groups is 1. The highest BCUT2D eigenvalue weighted by atomic mass is 19.1. The number of benzene rings is 2. The SMILES string of the molecule is Fc1ccc(OCC2=NCCc3ccccc32)cc1. The maximum atomic E-state index is 12.8. The summed E-state index contributed by atoms with van der Waals surface area (Å²) in [6, 6.07) is 14.3. The largest absolute Gasteiger partial charge is 0.487 e. The Kier molecular flexibility index (Phi) is 3.27. The molecule has 2 aromatic rings. The van der Waals surface area contributed by atoms with Crippen LogP contribution >= 0.6 is 0 Å². The molecule has 0 unspecified atom stereocenters. The van der Waals surface area contributed by atoms with Crippen molar-refractivity contribution in [3.8, 4) is 5.75 Å². The van der Waals surface area contributed by atoms with Crippen molar-refractivity contribution in [3.63, 3.8) is 0 Å². The van der Waals surface area contributed by atoms with E-state index in [4.69, 9.17) is 4.74 Å². The third-order valence-electron chi connectivity index (χ3n) is 3.20. The first-order chi connectivity index (χ1) is 9.33. The molecule has 3 rings (SSSR count). The molecule has 0 spiro atoms. The minimum atomic E-state index is -0.257. The van der Waals surface area contributed by atoms with E-state index in [1.54, 1.807) is 12.1 Å². The van der Waals surface area contributed by atoms with Gasteiger partial charge >= 0.3 is 0 Å². The highest BCUT2D eigenvalue weighted by molar-refractivity contribution is 6.03. The van der Waals surface area contributed by atoms with Crippen LogP contribution in [-0.2, 0) is 6.42 Å². The second kappa shape index (κ2) is 5.22. The number of nitrogens with zero attached hydrogens (tertiary/aromatic N) is 1. The van der Waals surface area contributed by atoms with Gasteiger partial charge in [-0.05, 0) is 36.2 Å². The van der Waals surface area contributed by atoms with Crippen molar-refractivity contribution >= 4 is 5.71 Å². The van der Waals surface area contributed by atoms with Crippen molar-refractivity contribution in [2.75, 3.05) is 13.2 Å². The van der Waals surface area contributed by atoms with E-state index >= 15 is 0 Å². The third kappa shape index (κ3) is 2.65. The van der Waals surface area contributed by atoms with E-state index in [-0.39, 0.29) is 5.82 Å². The minimum Gasteiger partial charge on any atom is -0.487 e. The average Bonchev–Trinajstić information content (AvgIpc) is 2.47. The average molecular weight is 255 g/mol. The van der Waals surface area contributed by atoms with E-state index in [2.05, 4.69) is 17.1 Å². The van der Waals surface area contributed by atoms with Gasteiger partial charge in [0.1, 0.15) is 18.2 Å². The van der Waals surface area contributed by atoms with Gasteiger partial charge < -0.3 is 4.74 Å². The van der Waals surface area contributed by atoms with Gasteiger partial charge in [0.15, 0.2) is 0 Å². The van der Waals surface area contributed by atoms with Crippen LogP contribution < -0.4 is 4.74 Å². The molecule has 1 heterocycles. The molecule has 0 aromatic heterocycles. The van der Waals surface area contributed by atoms with Crippen molar-refractivity contribution < 1.29 is 9.13 Å². The lowest BCUT2D eigenvalue weighted by molar-refractivity contribution is 0.375. The first kappa shape index (κ1) is 11.9. The molecule has 0 radical (unpaired) electrons. The minimum absolute atomic E-state index is 0.257. The standard InChI is InChI=1S/C16H14FNO/c17-13-5-7-14(8-6-13)19-11-16-15-4-2-1-3-12(15)9-10-18-16/h1-8H,9-11H2. The van der Waals surface area contributed by atoms with Crippen LogP contribution in [0, 0.1) is 5.82 Å². The summed E-state index contributed by atoms with van der Waals surface area (Å²) in [6.45, 7) is 1.22. The molecule has 1 aliphatic heterocycles. The van der Waals surface area contributed by atoms with Crippen LogP contribution in [0.2, 0.25) is 0 Å². The molecule has 0 amide bonds. The second-order valence-corrected chi connectivity index (χ2v) is 4.48. The van der Waals surface area contributed by atoms with Crippen molar-refractivity contribution in [1.29, 1.82) is 0 Å². The fourth-order valence-electron chi connectivity index (χ4n) is 2.22. The van der Waals surface area contributed by atoms with Crippen LogP contribution in [0.4, 0.5) is 4.39 Å². The van der Waals surface area contributed by atoms with Crippen LogP contribution in [-0.4, -0.2) is 18.9 Å². The Bertz CT molecular complexity index is 604. The van der Waals surface area contributed by atoms with Crippen molar-refractivity contribution in [2.24, 2.45) is 4.99 Å². The van der Waals surface area contributed by atoms with E-state index in [9.17, 15) is 4.39 Å². The molecule has 2 aromatic carbocycles. The number of rotatable bonds is 3. The van der Waals surface area contributed by atoms with Gasteiger partial charge in [-0.25, -0.2) is 4.39 Å². The molecule has 96 valence electrons. The van der Waals surface area contributed by atoms with Gasteiger partial charge in [0.2, 0.25) is 0 Å². The lowest BCUT2D eigenvalue weighted by Gasteiger charge is -2.17. The van der Waals surface area contributed by atoms with Gasteiger partial charge in [0.05, 0.1) is 5.71 Å². The summed E-state index contributed by atoms with van der Waals surface area (Å²) >= 11 is 0. The van der Waals surface area contributed by atoms with Crippen molar-refractivity contribution in [1.82, 2.24) is 0 Å². The monoisotopic (exact) mass is 255 g/mol. The van der Waals surface area contributed by atoms with Gasteiger partial charge in [0, 0.05) is 12.1 Å². The van der Waals surface area contributed by atoms with E-state index in [1.165, 1.54) is 17.7 Å². The lowest BCUT2D eigenvalue weighted by Crippen LogP contribution is -2.19. The third-order valence-corrected chi connectivity index (χ3v) is 3.20. The maximum absolute atomic E-state index is 12.8. The molecular formula is C16H14FNO. The maximum Gasteiger partial charge on any atom is 0.130 e. The Morgan fingerprint density at radius 3 is 2.68 bits per heavy atom. The quantitative estimate of drug-likeness (QED) is 0.825. The molecule has 0 N–H and O–H groups in total. The summed E-state index contributed by atoms with van der Waals surface area (Å²) in [5.41, 5.74) is 3.44. The Morgan fingerprint density at radius 1 is 1.05 bits per heavy atom. The molecule has 0 saturated carbocycles. The summed E-state index contributed by atoms with van der Waals surface area (Å²) < 4.78 is 18.5. The lowest BCUT2D eigenvalue weighted by atomic mass is 9.98. The molecule has 0 aliphatic carbocycles. The molecule has 0 bridgehead atoms. The first-order valence-corrected chi connectivity index (χ1v) is 6.33. The predicted octanol–water partition coefficient (Wildman–Crippen LogP) is 3.25. The molecule has 1 aliphatic rings. The summed E-state index contributed by atoms with van der Waals surface area (Å²) in [4.78, 5) is 4.52. The zero-order chi connectivity index (χ0) is 13.1. The van der Waals surface area contributed by atoms with Crippen molar-refractivity contribution in [2.45, 2.75) is 6.42 Å². The fraction of sp³-hybridized carbons (Fsp3) is 0.188. The van der Waals surface area contributed by atoms with Crippen molar-refractivity contribution in [3.05, 3.63) is 65.5 Å². The van der Waals surface area contributed by atoms with Crippen LogP contribution in [0.3, 0.4) is 0 Å². The molecule has 3 heteroatoms. The normalized spacial score (nSPS) is 13.6. The zero-order valence-electron chi connectivity index (χ0n) is 10.5. The Balaban J connectivity index is 1.74. The van der Waals surface area contributed by atoms with Crippen LogP contribution in [0.1, 0.15) is 11.1 Å². The molecule has 0 fully saturated rings. The number of hydrogen-bond donors (Lipinski definition) is 0. The molecule has 19 heavy (non-hydrogen) atoms. The van der Waals surface area contributed by atoms with Gasteiger partial charge in [-0.2, -0.15) is 0 Å². The Labute approximate surface area is 111 Å². The summed E-state index contributed by atoms with van der Waals surface area (Å²) in [5.74, 6) is 0.403. The van der Waals surface area contributed by atoms with Gasteiger partial charge in [-0.3, -0.25) is 4.99 Å². The molecule has 2 nitrogen and oxygen atoms in total. The summed E-state index contributed by atoms with van der Waals surface area (Å²) in [7, 11) is 0. The van der Waals surface area contributed by atoms with Crippen LogP contribution in [0.15, 0.2) is 53.5 Å². The molecule has 0 saturated heterocycles. The molecule has 0 atom stereocenters. The number of fused-ring (bicyclic) bond motifs is 1. The van der Waals surface area contributed by atoms with Gasteiger partial charge in [-0.1, -0.05) is 24.3 Å². The second-order valence-electron chi connectivity index (χ2n) is 4.48.